The Bertz CT molecular complexity index is 630. The number of aromatic hydroxyl groups is 1. The molecule has 112 valence electrons. The van der Waals surface area contributed by atoms with Crippen molar-refractivity contribution in [2.24, 2.45) is 0 Å². The van der Waals surface area contributed by atoms with E-state index in [4.69, 9.17) is 23.2 Å². The third-order valence-corrected chi connectivity index (χ3v) is 3.59. The SMILES string of the molecule is CN(C)Cc1ccccc1NCc1cc(Cl)cc(Cl)c1O. The first kappa shape index (κ1) is 16.0. The highest BCUT2D eigenvalue weighted by Gasteiger charge is 2.09. The molecule has 2 aromatic carbocycles. The summed E-state index contributed by atoms with van der Waals surface area (Å²) in [6.45, 7) is 1.29. The molecule has 0 spiro atoms. The van der Waals surface area contributed by atoms with Crippen molar-refractivity contribution in [1.29, 1.82) is 0 Å². The Hall–Kier alpha value is -1.42. The molecule has 0 bridgehead atoms. The lowest BCUT2D eigenvalue weighted by Crippen LogP contribution is -2.12. The van der Waals surface area contributed by atoms with Crippen LogP contribution >= 0.6 is 23.2 Å². The van der Waals surface area contributed by atoms with Crippen molar-refractivity contribution in [3.05, 3.63) is 57.6 Å². The first-order valence-corrected chi connectivity index (χ1v) is 7.36. The summed E-state index contributed by atoms with van der Waals surface area (Å²) < 4.78 is 0. The Morgan fingerprint density at radius 2 is 1.81 bits per heavy atom. The van der Waals surface area contributed by atoms with Crippen LogP contribution < -0.4 is 5.32 Å². The molecule has 5 heteroatoms. The van der Waals surface area contributed by atoms with Gasteiger partial charge in [-0.1, -0.05) is 41.4 Å². The van der Waals surface area contributed by atoms with Gasteiger partial charge in [-0.15, -0.1) is 0 Å². The Balaban J connectivity index is 2.17. The molecule has 0 amide bonds. The number of nitrogens with one attached hydrogen (secondary N) is 1. The lowest BCUT2D eigenvalue weighted by Gasteiger charge is -2.16. The number of halogens is 2. The zero-order chi connectivity index (χ0) is 15.4. The maximum Gasteiger partial charge on any atom is 0.139 e. The first-order valence-electron chi connectivity index (χ1n) is 6.60. The number of rotatable bonds is 5. The van der Waals surface area contributed by atoms with E-state index in [0.717, 1.165) is 12.2 Å². The molecule has 0 fully saturated rings. The van der Waals surface area contributed by atoms with Crippen molar-refractivity contribution in [3.63, 3.8) is 0 Å². The third kappa shape index (κ3) is 4.27. The molecule has 0 saturated heterocycles. The molecule has 2 N–H and O–H groups in total. The monoisotopic (exact) mass is 324 g/mol. The lowest BCUT2D eigenvalue weighted by atomic mass is 10.1. The van der Waals surface area contributed by atoms with Crippen LogP contribution in [-0.4, -0.2) is 24.1 Å². The van der Waals surface area contributed by atoms with Gasteiger partial charge >= 0.3 is 0 Å². The second-order valence-corrected chi connectivity index (χ2v) is 5.99. The van der Waals surface area contributed by atoms with Gasteiger partial charge in [-0.3, -0.25) is 0 Å². The van der Waals surface area contributed by atoms with Crippen LogP contribution in [0.5, 0.6) is 5.75 Å². The predicted octanol–water partition coefficient (Wildman–Crippen LogP) is 4.37. The average molecular weight is 325 g/mol. The van der Waals surface area contributed by atoms with Crippen LogP contribution in [0.3, 0.4) is 0 Å². The van der Waals surface area contributed by atoms with Gasteiger partial charge in [0.1, 0.15) is 5.75 Å². The van der Waals surface area contributed by atoms with E-state index in [2.05, 4.69) is 16.3 Å². The summed E-state index contributed by atoms with van der Waals surface area (Å²) in [5.74, 6) is 0.0682. The lowest BCUT2D eigenvalue weighted by molar-refractivity contribution is 0.403. The maximum absolute atomic E-state index is 9.98. The van der Waals surface area contributed by atoms with Crippen molar-refractivity contribution in [2.75, 3.05) is 19.4 Å². The van der Waals surface area contributed by atoms with Crippen LogP contribution in [0.15, 0.2) is 36.4 Å². The summed E-state index contributed by atoms with van der Waals surface area (Å²) in [7, 11) is 4.05. The molecule has 3 nitrogen and oxygen atoms in total. The zero-order valence-corrected chi connectivity index (χ0v) is 13.5. The van der Waals surface area contributed by atoms with Crippen LogP contribution in [0, 0.1) is 0 Å². The van der Waals surface area contributed by atoms with Gasteiger partial charge in [0.05, 0.1) is 5.02 Å². The molecule has 0 atom stereocenters. The highest BCUT2D eigenvalue weighted by atomic mass is 35.5. The topological polar surface area (TPSA) is 35.5 Å². The van der Waals surface area contributed by atoms with E-state index >= 15 is 0 Å². The minimum Gasteiger partial charge on any atom is -0.506 e. The van der Waals surface area contributed by atoms with Gasteiger partial charge in [-0.2, -0.15) is 0 Å². The largest absolute Gasteiger partial charge is 0.506 e. The first-order chi connectivity index (χ1) is 9.97. The summed E-state index contributed by atoms with van der Waals surface area (Å²) >= 11 is 11.9. The average Bonchev–Trinajstić information content (AvgIpc) is 2.42. The quantitative estimate of drug-likeness (QED) is 0.857. The van der Waals surface area contributed by atoms with Crippen molar-refractivity contribution < 1.29 is 5.11 Å². The molecule has 0 aliphatic carbocycles. The van der Waals surface area contributed by atoms with Crippen LogP contribution in [-0.2, 0) is 13.1 Å². The summed E-state index contributed by atoms with van der Waals surface area (Å²) in [4.78, 5) is 2.11. The number of hydrogen-bond acceptors (Lipinski definition) is 3. The van der Waals surface area contributed by atoms with E-state index in [-0.39, 0.29) is 10.8 Å². The molecule has 0 aromatic heterocycles. The second-order valence-electron chi connectivity index (χ2n) is 5.14. The minimum atomic E-state index is 0.0682. The van der Waals surface area contributed by atoms with E-state index in [9.17, 15) is 5.11 Å². The van der Waals surface area contributed by atoms with Gasteiger partial charge in [-0.25, -0.2) is 0 Å². The number of anilines is 1. The molecular formula is C16H18Cl2N2O. The highest BCUT2D eigenvalue weighted by Crippen LogP contribution is 2.31. The summed E-state index contributed by atoms with van der Waals surface area (Å²) in [6, 6.07) is 11.3. The Morgan fingerprint density at radius 1 is 1.10 bits per heavy atom. The van der Waals surface area contributed by atoms with Gasteiger partial charge in [0, 0.05) is 29.4 Å². The Morgan fingerprint density at radius 3 is 2.52 bits per heavy atom. The molecule has 0 unspecified atom stereocenters. The number of phenolic OH excluding ortho intramolecular Hbond substituents is 1. The predicted molar refractivity (Wildman–Crippen MR) is 89.3 cm³/mol. The molecule has 0 aliphatic rings. The number of phenols is 1. The van der Waals surface area contributed by atoms with E-state index in [1.807, 2.05) is 32.3 Å². The summed E-state index contributed by atoms with van der Waals surface area (Å²) in [5.41, 5.74) is 2.89. The second kappa shape index (κ2) is 7.03. The smallest absolute Gasteiger partial charge is 0.139 e. The van der Waals surface area contributed by atoms with Gasteiger partial charge in [0.15, 0.2) is 0 Å². The Labute approximate surface area is 135 Å². The number of benzene rings is 2. The van der Waals surface area contributed by atoms with Gasteiger partial charge in [-0.05, 0) is 37.9 Å². The molecular weight excluding hydrogens is 307 g/mol. The normalized spacial score (nSPS) is 10.9. The Kier molecular flexibility index (Phi) is 5.34. The van der Waals surface area contributed by atoms with E-state index in [1.165, 1.54) is 11.6 Å². The van der Waals surface area contributed by atoms with Gasteiger partial charge in [0.2, 0.25) is 0 Å². The maximum atomic E-state index is 9.98. The highest BCUT2D eigenvalue weighted by molar-refractivity contribution is 6.35. The van der Waals surface area contributed by atoms with Crippen molar-refractivity contribution in [3.8, 4) is 5.75 Å². The fourth-order valence-electron chi connectivity index (χ4n) is 2.12. The fraction of sp³-hybridized carbons (Fsp3) is 0.250. The van der Waals surface area contributed by atoms with Crippen LogP contribution in [0.25, 0.3) is 0 Å². The molecule has 0 heterocycles. The molecule has 0 radical (unpaired) electrons. The molecule has 0 saturated carbocycles. The van der Waals surface area contributed by atoms with Crippen molar-refractivity contribution >= 4 is 28.9 Å². The van der Waals surface area contributed by atoms with Gasteiger partial charge < -0.3 is 15.3 Å². The number of hydrogen-bond donors (Lipinski definition) is 2. The summed E-state index contributed by atoms with van der Waals surface area (Å²) in [5, 5.41) is 14.1. The summed E-state index contributed by atoms with van der Waals surface area (Å²) in [6.07, 6.45) is 0. The molecule has 0 aliphatic heterocycles. The molecule has 2 aromatic rings. The minimum absolute atomic E-state index is 0.0682. The van der Waals surface area contributed by atoms with Gasteiger partial charge in [0.25, 0.3) is 0 Å². The van der Waals surface area contributed by atoms with Crippen molar-refractivity contribution in [1.82, 2.24) is 4.90 Å². The van der Waals surface area contributed by atoms with E-state index < -0.39 is 0 Å². The molecule has 2 rings (SSSR count). The number of nitrogens with zero attached hydrogens (tertiary/aromatic N) is 1. The van der Waals surface area contributed by atoms with Crippen LogP contribution in [0.2, 0.25) is 10.0 Å². The fourth-order valence-corrected chi connectivity index (χ4v) is 2.65. The van der Waals surface area contributed by atoms with Crippen molar-refractivity contribution in [2.45, 2.75) is 13.1 Å². The standard InChI is InChI=1S/C16H18Cl2N2O/c1-20(2)10-11-5-3-4-6-15(11)19-9-12-7-13(17)8-14(18)16(12)21/h3-8,19,21H,9-10H2,1-2H3. The third-order valence-electron chi connectivity index (χ3n) is 3.08. The zero-order valence-electron chi connectivity index (χ0n) is 12.0. The van der Waals surface area contributed by atoms with Crippen LogP contribution in [0.1, 0.15) is 11.1 Å². The molecule has 21 heavy (non-hydrogen) atoms. The van der Waals surface area contributed by atoms with Crippen LogP contribution in [0.4, 0.5) is 5.69 Å². The van der Waals surface area contributed by atoms with E-state index in [1.54, 1.807) is 6.07 Å². The number of para-hydroxylation sites is 1. The van der Waals surface area contributed by atoms with E-state index in [0.29, 0.717) is 17.1 Å².